The first-order valence-corrected chi connectivity index (χ1v) is 9.81. The van der Waals surface area contributed by atoms with Crippen LogP contribution in [0, 0.1) is 5.92 Å². The summed E-state index contributed by atoms with van der Waals surface area (Å²) in [6.45, 7) is 2.11. The van der Waals surface area contributed by atoms with Crippen LogP contribution >= 0.6 is 0 Å². The molecular weight excluding hydrogens is 368 g/mol. The minimum absolute atomic E-state index is 0.166. The second-order valence-corrected chi connectivity index (χ2v) is 7.52. The van der Waals surface area contributed by atoms with E-state index in [1.807, 2.05) is 60.7 Å². The van der Waals surface area contributed by atoms with Crippen molar-refractivity contribution in [2.24, 2.45) is 5.92 Å². The van der Waals surface area contributed by atoms with Gasteiger partial charge in [-0.05, 0) is 24.3 Å². The number of quaternary nitrogens is 1. The Kier molecular flexibility index (Phi) is 4.44. The zero-order chi connectivity index (χ0) is 19.7. The number of carbonyl (C=O) groups is 1. The molecule has 7 nitrogen and oxygen atoms in total. The van der Waals surface area contributed by atoms with Gasteiger partial charge < -0.3 is 9.47 Å². The fourth-order valence-corrected chi connectivity index (χ4v) is 4.06. The average molecular weight is 389 g/mol. The van der Waals surface area contributed by atoms with Gasteiger partial charge in [-0.25, -0.2) is 0 Å². The fourth-order valence-electron chi connectivity index (χ4n) is 4.06. The molecule has 3 aliphatic rings. The van der Waals surface area contributed by atoms with E-state index in [0.29, 0.717) is 34.3 Å². The second kappa shape index (κ2) is 7.25. The quantitative estimate of drug-likeness (QED) is 0.619. The van der Waals surface area contributed by atoms with Crippen LogP contribution in [0.2, 0.25) is 0 Å². The van der Waals surface area contributed by atoms with Crippen molar-refractivity contribution in [1.29, 1.82) is 0 Å². The standard InChI is InChI=1S/C22H21N4O3/c27-19-15-26(13-11-16(19)12-14-26)20-23-21(28-17-7-3-1-4-8-17)25-22(24-20)29-18-9-5-2-6-10-18/h1-10,16H,11-15H2/q+1. The number of aromatic nitrogens is 3. The number of carbonyl (C=O) groups excluding carboxylic acids is 1. The molecule has 0 aliphatic carbocycles. The summed E-state index contributed by atoms with van der Waals surface area (Å²) in [5, 5.41) is 0. The number of benzene rings is 2. The minimum Gasteiger partial charge on any atom is -0.424 e. The van der Waals surface area contributed by atoms with E-state index in [0.717, 1.165) is 25.9 Å². The van der Waals surface area contributed by atoms with Crippen molar-refractivity contribution >= 4 is 11.7 Å². The summed E-state index contributed by atoms with van der Waals surface area (Å²) in [6.07, 6.45) is 1.74. The molecule has 0 spiro atoms. The number of fused-ring (bicyclic) bond motifs is 3. The van der Waals surface area contributed by atoms with Crippen molar-refractivity contribution in [1.82, 2.24) is 19.4 Å². The van der Waals surface area contributed by atoms with Gasteiger partial charge in [0.1, 0.15) is 18.0 Å². The highest BCUT2D eigenvalue weighted by molar-refractivity contribution is 5.86. The summed E-state index contributed by atoms with van der Waals surface area (Å²) in [4.78, 5) is 26.0. The molecule has 0 unspecified atom stereocenters. The summed E-state index contributed by atoms with van der Waals surface area (Å²) < 4.78 is 12.2. The molecule has 0 atom stereocenters. The van der Waals surface area contributed by atoms with Crippen LogP contribution in [0.4, 0.5) is 5.95 Å². The Balaban J connectivity index is 1.53. The van der Waals surface area contributed by atoms with Gasteiger partial charge in [0.15, 0.2) is 5.78 Å². The van der Waals surface area contributed by atoms with E-state index in [-0.39, 0.29) is 17.9 Å². The molecule has 1 aromatic heterocycles. The Bertz CT molecular complexity index is 959. The summed E-state index contributed by atoms with van der Waals surface area (Å²) in [5.74, 6) is 2.27. The third-order valence-electron chi connectivity index (χ3n) is 5.64. The largest absolute Gasteiger partial charge is 0.424 e. The molecule has 7 heteroatoms. The lowest BCUT2D eigenvalue weighted by Crippen LogP contribution is -2.64. The van der Waals surface area contributed by atoms with Crippen molar-refractivity contribution < 1.29 is 14.3 Å². The Labute approximate surface area is 168 Å². The van der Waals surface area contributed by atoms with Crippen molar-refractivity contribution in [3.8, 4) is 23.5 Å². The average Bonchev–Trinajstić information content (AvgIpc) is 2.76. The third-order valence-corrected chi connectivity index (χ3v) is 5.64. The van der Waals surface area contributed by atoms with Gasteiger partial charge in [-0.3, -0.25) is 9.28 Å². The number of nitrogens with zero attached hydrogens (tertiary/aromatic N) is 4. The monoisotopic (exact) mass is 389 g/mol. The van der Waals surface area contributed by atoms with Crippen molar-refractivity contribution in [3.63, 3.8) is 0 Å². The van der Waals surface area contributed by atoms with Crippen LogP contribution in [0.15, 0.2) is 60.7 Å². The molecule has 3 saturated heterocycles. The normalized spacial score (nSPS) is 23.0. The zero-order valence-electron chi connectivity index (χ0n) is 15.9. The number of rotatable bonds is 5. The maximum Gasteiger partial charge on any atom is 0.338 e. The van der Waals surface area contributed by atoms with Crippen LogP contribution in [-0.4, -0.2) is 40.4 Å². The number of hydrogen-bond donors (Lipinski definition) is 0. The van der Waals surface area contributed by atoms with Crippen molar-refractivity contribution in [2.75, 3.05) is 19.6 Å². The van der Waals surface area contributed by atoms with E-state index < -0.39 is 0 Å². The first kappa shape index (κ1) is 17.8. The zero-order valence-corrected chi connectivity index (χ0v) is 15.9. The van der Waals surface area contributed by atoms with Gasteiger partial charge in [-0.1, -0.05) is 36.4 Å². The van der Waals surface area contributed by atoms with Gasteiger partial charge in [0.05, 0.1) is 13.1 Å². The molecule has 0 saturated carbocycles. The fraction of sp³-hybridized carbons (Fsp3) is 0.273. The van der Waals surface area contributed by atoms with Gasteiger partial charge in [-0.2, -0.15) is 0 Å². The molecule has 6 rings (SSSR count). The molecule has 0 N–H and O–H groups in total. The van der Waals surface area contributed by atoms with Gasteiger partial charge in [0, 0.05) is 18.8 Å². The number of para-hydroxylation sites is 2. The summed E-state index contributed by atoms with van der Waals surface area (Å²) in [5.41, 5.74) is 0. The van der Waals surface area contributed by atoms with Crippen molar-refractivity contribution in [3.05, 3.63) is 60.7 Å². The lowest BCUT2D eigenvalue weighted by atomic mass is 9.85. The molecule has 29 heavy (non-hydrogen) atoms. The number of hydrogen-bond acceptors (Lipinski definition) is 6. The van der Waals surface area contributed by atoms with Crippen LogP contribution in [0.25, 0.3) is 0 Å². The van der Waals surface area contributed by atoms with E-state index in [1.165, 1.54) is 0 Å². The van der Waals surface area contributed by atoms with Crippen molar-refractivity contribution in [2.45, 2.75) is 12.8 Å². The van der Waals surface area contributed by atoms with E-state index in [1.54, 1.807) is 0 Å². The molecule has 4 heterocycles. The predicted octanol–water partition coefficient (Wildman–Crippen LogP) is 3.76. The Hall–Kier alpha value is -3.32. The van der Waals surface area contributed by atoms with E-state index in [4.69, 9.17) is 9.47 Å². The number of piperidine rings is 3. The molecule has 2 bridgehead atoms. The Morgan fingerprint density at radius 2 is 1.28 bits per heavy atom. The summed E-state index contributed by atoms with van der Waals surface area (Å²) in [7, 11) is 0. The predicted molar refractivity (Wildman–Crippen MR) is 107 cm³/mol. The number of ketones is 1. The maximum absolute atomic E-state index is 12.4. The lowest BCUT2D eigenvalue weighted by molar-refractivity contribution is -0.130. The molecule has 3 aliphatic heterocycles. The van der Waals surface area contributed by atoms with Crippen LogP contribution in [0.1, 0.15) is 12.8 Å². The van der Waals surface area contributed by atoms with Gasteiger partial charge in [0.25, 0.3) is 0 Å². The molecule has 0 amide bonds. The second-order valence-electron chi connectivity index (χ2n) is 7.52. The summed E-state index contributed by atoms with van der Waals surface area (Å²) in [6, 6.07) is 19.0. The van der Waals surface area contributed by atoms with E-state index in [9.17, 15) is 4.79 Å². The van der Waals surface area contributed by atoms with Gasteiger partial charge >= 0.3 is 18.0 Å². The van der Waals surface area contributed by atoms with Crippen LogP contribution in [0.5, 0.6) is 23.5 Å². The highest BCUT2D eigenvalue weighted by Gasteiger charge is 2.49. The molecule has 2 aromatic carbocycles. The molecular formula is C22H21N4O3+. The number of ether oxygens (including phenoxy) is 2. The maximum atomic E-state index is 12.4. The summed E-state index contributed by atoms with van der Waals surface area (Å²) >= 11 is 0. The molecule has 0 radical (unpaired) electrons. The van der Waals surface area contributed by atoms with Crippen LogP contribution in [0.3, 0.4) is 0 Å². The van der Waals surface area contributed by atoms with Crippen LogP contribution < -0.4 is 14.0 Å². The number of Topliss-reactive ketones (excluding diaryl/α,β-unsaturated/α-hetero) is 1. The lowest BCUT2D eigenvalue weighted by Gasteiger charge is -2.45. The third kappa shape index (κ3) is 3.56. The van der Waals surface area contributed by atoms with Gasteiger partial charge in [0.2, 0.25) is 0 Å². The molecule has 146 valence electrons. The highest BCUT2D eigenvalue weighted by Crippen LogP contribution is 2.36. The Morgan fingerprint density at radius 3 is 1.76 bits per heavy atom. The smallest absolute Gasteiger partial charge is 0.338 e. The highest BCUT2D eigenvalue weighted by atomic mass is 16.5. The molecule has 3 fully saturated rings. The van der Waals surface area contributed by atoms with Gasteiger partial charge in [-0.15, -0.1) is 15.0 Å². The SMILES string of the molecule is O=C1C[N+]2(c3nc(Oc4ccccc4)nc(Oc4ccccc4)n3)CCC1CC2. The topological polar surface area (TPSA) is 74.2 Å². The Morgan fingerprint density at radius 1 is 0.759 bits per heavy atom. The molecule has 3 aromatic rings. The van der Waals surface area contributed by atoms with E-state index >= 15 is 0 Å². The van der Waals surface area contributed by atoms with E-state index in [2.05, 4.69) is 15.0 Å². The minimum atomic E-state index is 0.166. The first-order chi connectivity index (χ1) is 14.2. The first-order valence-electron chi connectivity index (χ1n) is 9.81. The van der Waals surface area contributed by atoms with Crippen LogP contribution in [-0.2, 0) is 4.79 Å².